The Morgan fingerprint density at radius 1 is 1.09 bits per heavy atom. The average molecular weight is 475 g/mol. The van der Waals surface area contributed by atoms with Crippen LogP contribution in [0.3, 0.4) is 0 Å². The van der Waals surface area contributed by atoms with Gasteiger partial charge in [0, 0.05) is 37.0 Å². The molecule has 1 saturated carbocycles. The lowest BCUT2D eigenvalue weighted by molar-refractivity contribution is -0.135. The van der Waals surface area contributed by atoms with E-state index in [0.29, 0.717) is 37.3 Å². The quantitative estimate of drug-likeness (QED) is 0.680. The number of benzene rings is 2. The number of carbonyl (C=O) groups excluding carboxylic acids is 2. The van der Waals surface area contributed by atoms with Crippen molar-refractivity contribution < 1.29 is 23.8 Å². The number of amides is 1. The molecule has 2 atom stereocenters. The second-order valence-corrected chi connectivity index (χ2v) is 9.35. The first kappa shape index (κ1) is 23.7. The number of nitrogens with one attached hydrogen (secondary N) is 1. The molecule has 1 heterocycles. The molecule has 1 saturated heterocycles. The molecule has 33 heavy (non-hydrogen) atoms. The van der Waals surface area contributed by atoms with Crippen molar-refractivity contribution in [1.82, 2.24) is 10.2 Å². The average Bonchev–Trinajstić information content (AvgIpc) is 3.26. The molecule has 2 fully saturated rings. The Morgan fingerprint density at radius 2 is 1.73 bits per heavy atom. The maximum absolute atomic E-state index is 14.1. The second-order valence-electron chi connectivity index (χ2n) is 8.91. The highest BCUT2D eigenvalue weighted by Gasteiger charge is 2.56. The minimum Gasteiger partial charge on any atom is -0.410 e. The van der Waals surface area contributed by atoms with Gasteiger partial charge in [-0.3, -0.25) is 9.69 Å². The summed E-state index contributed by atoms with van der Waals surface area (Å²) >= 11 is 6.08. The maximum atomic E-state index is 14.1. The highest BCUT2D eigenvalue weighted by atomic mass is 35.5. The van der Waals surface area contributed by atoms with Gasteiger partial charge in [-0.1, -0.05) is 23.7 Å². The van der Waals surface area contributed by atoms with Crippen molar-refractivity contribution in [3.63, 3.8) is 0 Å². The van der Waals surface area contributed by atoms with Gasteiger partial charge in [0.25, 0.3) is 0 Å². The van der Waals surface area contributed by atoms with Crippen LogP contribution < -0.4 is 10.1 Å². The Balaban J connectivity index is 1.68. The van der Waals surface area contributed by atoms with Gasteiger partial charge in [0.2, 0.25) is 0 Å². The lowest BCUT2D eigenvalue weighted by Gasteiger charge is -2.43. The number of ketones is 1. The number of likely N-dealkylation sites (N-methyl/N-ethyl adjacent to an activating group) is 1. The van der Waals surface area contributed by atoms with Gasteiger partial charge in [-0.25, -0.2) is 9.18 Å². The summed E-state index contributed by atoms with van der Waals surface area (Å²) in [6, 6.07) is 12.5. The molecule has 0 spiro atoms. The predicted octanol–water partition coefficient (Wildman–Crippen LogP) is 4.16. The molecule has 2 aromatic rings. The van der Waals surface area contributed by atoms with E-state index in [1.807, 2.05) is 12.1 Å². The Bertz CT molecular complexity index is 992. The third kappa shape index (κ3) is 4.76. The van der Waals surface area contributed by atoms with Crippen LogP contribution in [0, 0.1) is 11.7 Å². The smallest absolute Gasteiger partial charge is 0.410 e. The Hall–Kier alpha value is -2.48. The van der Waals surface area contributed by atoms with Gasteiger partial charge >= 0.3 is 6.09 Å². The number of nitrogens with zero attached hydrogens (tertiary/aromatic N) is 1. The van der Waals surface area contributed by atoms with E-state index in [1.54, 1.807) is 19.2 Å². The van der Waals surface area contributed by atoms with Crippen LogP contribution in [0.25, 0.3) is 0 Å². The molecular weight excluding hydrogens is 447 g/mol. The zero-order chi connectivity index (χ0) is 23.6. The first-order valence-corrected chi connectivity index (χ1v) is 11.6. The maximum Gasteiger partial charge on any atom is 0.415 e. The zero-order valence-electron chi connectivity index (χ0n) is 18.5. The van der Waals surface area contributed by atoms with Gasteiger partial charge in [0.15, 0.2) is 5.78 Å². The summed E-state index contributed by atoms with van der Waals surface area (Å²) < 4.78 is 18.8. The van der Waals surface area contributed by atoms with Gasteiger partial charge in [-0.05, 0) is 67.6 Å². The molecule has 0 radical (unpaired) electrons. The fourth-order valence-corrected chi connectivity index (χ4v) is 5.22. The molecule has 1 aliphatic heterocycles. The molecule has 1 amide bonds. The molecule has 8 heteroatoms. The molecule has 0 unspecified atom stereocenters. The number of Topliss-reactive ketones (excluding diaryl/α,β-unsaturated/α-hetero) is 1. The Morgan fingerprint density at radius 3 is 2.36 bits per heavy atom. The van der Waals surface area contributed by atoms with E-state index in [2.05, 4.69) is 5.32 Å². The summed E-state index contributed by atoms with van der Waals surface area (Å²) in [5.74, 6) is -0.829. The summed E-state index contributed by atoms with van der Waals surface area (Å²) in [6.07, 6.45) is 1.21. The van der Waals surface area contributed by atoms with E-state index in [0.717, 1.165) is 5.56 Å². The number of rotatable bonds is 5. The molecule has 6 nitrogen and oxygen atoms in total. The van der Waals surface area contributed by atoms with Gasteiger partial charge in [-0.15, -0.1) is 0 Å². The fourth-order valence-electron chi connectivity index (χ4n) is 5.09. The normalized spacial score (nSPS) is 27.2. The van der Waals surface area contributed by atoms with Crippen LogP contribution in [0.2, 0.25) is 5.02 Å². The van der Waals surface area contributed by atoms with Gasteiger partial charge < -0.3 is 15.2 Å². The number of carbonyl (C=O) groups is 2. The Labute approximate surface area is 197 Å². The minimum absolute atomic E-state index is 0.0297. The summed E-state index contributed by atoms with van der Waals surface area (Å²) in [5.41, 5.74) is -0.271. The highest BCUT2D eigenvalue weighted by Crippen LogP contribution is 2.42. The van der Waals surface area contributed by atoms with Crippen LogP contribution in [0.5, 0.6) is 5.75 Å². The molecule has 4 rings (SSSR count). The van der Waals surface area contributed by atoms with Crippen LogP contribution in [-0.2, 0) is 4.79 Å². The third-order valence-corrected chi connectivity index (χ3v) is 7.23. The molecule has 0 aromatic heterocycles. The predicted molar refractivity (Wildman–Crippen MR) is 123 cm³/mol. The molecule has 1 aliphatic carbocycles. The van der Waals surface area contributed by atoms with Gasteiger partial charge in [0.05, 0.1) is 6.10 Å². The molecule has 2 N–H and O–H groups in total. The van der Waals surface area contributed by atoms with E-state index in [1.165, 1.54) is 29.2 Å². The van der Waals surface area contributed by atoms with Crippen molar-refractivity contribution in [2.45, 2.75) is 43.2 Å². The molecular formula is C25H28ClFN2O4. The monoisotopic (exact) mass is 474 g/mol. The van der Waals surface area contributed by atoms with Crippen molar-refractivity contribution in [1.29, 1.82) is 0 Å². The SMILES string of the molecule is CN(C(=O)Oc1ccc(F)cc1)[C@]1(C(=O)C2CCC(O)CC2)CNC[C@H]1c1ccc(Cl)cc1. The van der Waals surface area contributed by atoms with Crippen LogP contribution in [-0.4, -0.2) is 53.7 Å². The van der Waals surface area contributed by atoms with Crippen LogP contribution in [0.1, 0.15) is 37.2 Å². The Kier molecular flexibility index (Phi) is 7.02. The van der Waals surface area contributed by atoms with Crippen molar-refractivity contribution in [2.75, 3.05) is 20.1 Å². The zero-order valence-corrected chi connectivity index (χ0v) is 19.2. The topological polar surface area (TPSA) is 78.9 Å². The second kappa shape index (κ2) is 9.79. The largest absolute Gasteiger partial charge is 0.415 e. The van der Waals surface area contributed by atoms with Crippen molar-refractivity contribution in [3.8, 4) is 5.75 Å². The standard InChI is InChI=1S/C25H28ClFN2O4/c1-29(24(32)33-21-12-8-19(27)9-13-21)25(23(31)17-4-10-20(30)11-5-17)15-28-14-22(25)16-2-6-18(26)7-3-16/h2-3,6-9,12-13,17,20,22,28,30H,4-5,10-11,14-15H2,1H3/t17?,20?,22-,25+/m0/s1. The lowest BCUT2D eigenvalue weighted by Crippen LogP contribution is -2.62. The number of aliphatic hydroxyl groups is 1. The minimum atomic E-state index is -1.17. The number of hydrogen-bond donors (Lipinski definition) is 2. The van der Waals surface area contributed by atoms with Crippen molar-refractivity contribution >= 4 is 23.5 Å². The van der Waals surface area contributed by atoms with Crippen LogP contribution in [0.15, 0.2) is 48.5 Å². The lowest BCUT2D eigenvalue weighted by atomic mass is 9.70. The summed E-state index contributed by atoms with van der Waals surface area (Å²) in [5, 5.41) is 13.8. The number of aliphatic hydroxyl groups excluding tert-OH is 1. The molecule has 176 valence electrons. The summed E-state index contributed by atoms with van der Waals surface area (Å²) in [4.78, 5) is 28.7. The van der Waals surface area contributed by atoms with Gasteiger partial charge in [0.1, 0.15) is 17.1 Å². The van der Waals surface area contributed by atoms with Crippen LogP contribution >= 0.6 is 11.6 Å². The van der Waals surface area contributed by atoms with E-state index in [4.69, 9.17) is 16.3 Å². The molecule has 0 bridgehead atoms. The van der Waals surface area contributed by atoms with E-state index in [-0.39, 0.29) is 36.0 Å². The fraction of sp³-hybridized carbons (Fsp3) is 0.440. The summed E-state index contributed by atoms with van der Waals surface area (Å²) in [7, 11) is 1.58. The number of halogens is 2. The van der Waals surface area contributed by atoms with Gasteiger partial charge in [-0.2, -0.15) is 0 Å². The molecule has 2 aromatic carbocycles. The van der Waals surface area contributed by atoms with Crippen LogP contribution in [0.4, 0.5) is 9.18 Å². The van der Waals surface area contributed by atoms with E-state index < -0.39 is 17.4 Å². The first-order chi connectivity index (χ1) is 15.8. The highest BCUT2D eigenvalue weighted by molar-refractivity contribution is 6.30. The van der Waals surface area contributed by atoms with Crippen molar-refractivity contribution in [2.24, 2.45) is 5.92 Å². The first-order valence-electron chi connectivity index (χ1n) is 11.2. The third-order valence-electron chi connectivity index (χ3n) is 6.98. The van der Waals surface area contributed by atoms with E-state index >= 15 is 0 Å². The van der Waals surface area contributed by atoms with Crippen molar-refractivity contribution in [3.05, 3.63) is 64.9 Å². The molecule has 2 aliphatic rings. The van der Waals surface area contributed by atoms with E-state index in [9.17, 15) is 19.1 Å². The number of hydrogen-bond acceptors (Lipinski definition) is 5. The summed E-state index contributed by atoms with van der Waals surface area (Å²) in [6.45, 7) is 0.796. The number of ether oxygens (including phenoxy) is 1.